The Morgan fingerprint density at radius 1 is 1.70 bits per heavy atom. The average molecular weight is 141 g/mol. The Morgan fingerprint density at radius 3 is 3.00 bits per heavy atom. The molecule has 0 radical (unpaired) electrons. The van der Waals surface area contributed by atoms with E-state index < -0.39 is 0 Å². The van der Waals surface area contributed by atoms with Gasteiger partial charge in [-0.3, -0.25) is 0 Å². The number of hydrogen-bond acceptors (Lipinski definition) is 2. The van der Waals surface area contributed by atoms with Crippen LogP contribution >= 0.6 is 0 Å². The van der Waals surface area contributed by atoms with E-state index in [1.165, 1.54) is 19.1 Å². The van der Waals surface area contributed by atoms with E-state index in [-0.39, 0.29) is 0 Å². The van der Waals surface area contributed by atoms with Gasteiger partial charge in [0.05, 0.1) is 0 Å². The highest BCUT2D eigenvalue weighted by Crippen LogP contribution is 2.26. The fourth-order valence-electron chi connectivity index (χ4n) is 1.54. The highest BCUT2D eigenvalue weighted by molar-refractivity contribution is 6.52. The van der Waals surface area contributed by atoms with Crippen LogP contribution in [0.1, 0.15) is 13.3 Å². The van der Waals surface area contributed by atoms with E-state index in [1.54, 1.807) is 0 Å². The van der Waals surface area contributed by atoms with Crippen LogP contribution in [-0.2, 0) is 4.65 Å². The van der Waals surface area contributed by atoms with Crippen LogP contribution in [0.2, 0.25) is 12.6 Å². The van der Waals surface area contributed by atoms with Gasteiger partial charge < -0.3 is 10.4 Å². The summed E-state index contributed by atoms with van der Waals surface area (Å²) in [6.45, 7) is 4.19. The van der Waals surface area contributed by atoms with E-state index in [2.05, 4.69) is 6.92 Å². The second kappa shape index (κ2) is 3.99. The van der Waals surface area contributed by atoms with Crippen LogP contribution in [0.25, 0.3) is 0 Å². The van der Waals surface area contributed by atoms with Crippen molar-refractivity contribution < 1.29 is 4.65 Å². The molecule has 10 heavy (non-hydrogen) atoms. The number of rotatable bonds is 3. The van der Waals surface area contributed by atoms with Crippen LogP contribution in [0.3, 0.4) is 0 Å². The van der Waals surface area contributed by atoms with Gasteiger partial charge in [0.2, 0.25) is 0 Å². The molecule has 0 bridgehead atoms. The monoisotopic (exact) mass is 141 g/mol. The normalized spacial score (nSPS) is 25.8. The van der Waals surface area contributed by atoms with Crippen LogP contribution in [-0.4, -0.2) is 20.1 Å². The SMILES string of the molecule is CC1CCB(OCCN)C1. The zero-order valence-corrected chi connectivity index (χ0v) is 6.68. The van der Waals surface area contributed by atoms with Crippen molar-refractivity contribution in [2.45, 2.75) is 26.0 Å². The fourth-order valence-corrected chi connectivity index (χ4v) is 1.54. The summed E-state index contributed by atoms with van der Waals surface area (Å²) in [5, 5.41) is 0. The molecule has 1 rings (SSSR count). The quantitative estimate of drug-likeness (QED) is 0.595. The summed E-state index contributed by atoms with van der Waals surface area (Å²) in [5.74, 6) is 0.864. The third kappa shape index (κ3) is 2.31. The van der Waals surface area contributed by atoms with E-state index >= 15 is 0 Å². The molecule has 1 unspecified atom stereocenters. The maximum atomic E-state index is 5.50. The lowest BCUT2D eigenvalue weighted by Gasteiger charge is -2.05. The first-order valence-corrected chi connectivity index (χ1v) is 4.14. The highest BCUT2D eigenvalue weighted by Gasteiger charge is 2.25. The van der Waals surface area contributed by atoms with Gasteiger partial charge in [-0.25, -0.2) is 0 Å². The van der Waals surface area contributed by atoms with E-state index in [4.69, 9.17) is 10.4 Å². The maximum absolute atomic E-state index is 5.50. The maximum Gasteiger partial charge on any atom is 0.293 e. The minimum Gasteiger partial charge on any atom is -0.435 e. The van der Waals surface area contributed by atoms with E-state index in [0.29, 0.717) is 13.5 Å². The summed E-state index contributed by atoms with van der Waals surface area (Å²) in [5.41, 5.74) is 5.32. The Kier molecular flexibility index (Phi) is 3.22. The van der Waals surface area contributed by atoms with Crippen LogP contribution in [0.4, 0.5) is 0 Å². The van der Waals surface area contributed by atoms with E-state index in [1.807, 2.05) is 0 Å². The van der Waals surface area contributed by atoms with Crippen molar-refractivity contribution in [2.75, 3.05) is 13.2 Å². The Morgan fingerprint density at radius 2 is 2.50 bits per heavy atom. The van der Waals surface area contributed by atoms with Gasteiger partial charge in [-0.05, 0) is 18.6 Å². The molecule has 2 nitrogen and oxygen atoms in total. The summed E-state index contributed by atoms with van der Waals surface area (Å²) in [4.78, 5) is 0. The van der Waals surface area contributed by atoms with Crippen molar-refractivity contribution in [2.24, 2.45) is 11.7 Å². The molecule has 1 fully saturated rings. The summed E-state index contributed by atoms with van der Waals surface area (Å²) in [7, 11) is 0. The molecule has 1 atom stereocenters. The van der Waals surface area contributed by atoms with Crippen LogP contribution in [0.15, 0.2) is 0 Å². The van der Waals surface area contributed by atoms with Crippen LogP contribution in [0, 0.1) is 5.92 Å². The molecule has 1 aliphatic rings. The predicted octanol–water partition coefficient (Wildman–Crippen LogP) is 0.993. The molecule has 0 aromatic heterocycles. The molecule has 1 saturated heterocycles. The Hall–Kier alpha value is -0.0151. The molecule has 3 heteroatoms. The molecule has 0 aromatic rings. The standard InChI is InChI=1S/C7H16BNO/c1-7-2-3-8(6-7)10-5-4-9/h7H,2-6,9H2,1H3. The minimum atomic E-state index is 0.513. The van der Waals surface area contributed by atoms with Gasteiger partial charge in [0.15, 0.2) is 0 Å². The summed E-state index contributed by atoms with van der Waals surface area (Å²) < 4.78 is 5.50. The molecule has 0 saturated carbocycles. The van der Waals surface area contributed by atoms with Gasteiger partial charge in [0.1, 0.15) is 0 Å². The zero-order chi connectivity index (χ0) is 7.40. The molecule has 0 aromatic carbocycles. The molecule has 0 amide bonds. The minimum absolute atomic E-state index is 0.513. The summed E-state index contributed by atoms with van der Waals surface area (Å²) in [6, 6.07) is 0. The van der Waals surface area contributed by atoms with E-state index in [9.17, 15) is 0 Å². The molecular weight excluding hydrogens is 125 g/mol. The molecule has 2 N–H and O–H groups in total. The fraction of sp³-hybridized carbons (Fsp3) is 1.00. The zero-order valence-electron chi connectivity index (χ0n) is 6.68. The van der Waals surface area contributed by atoms with Gasteiger partial charge in [0.25, 0.3) is 6.92 Å². The predicted molar refractivity (Wildman–Crippen MR) is 44.2 cm³/mol. The lowest BCUT2D eigenvalue weighted by atomic mass is 9.66. The molecule has 0 aliphatic carbocycles. The molecule has 1 heterocycles. The van der Waals surface area contributed by atoms with Crippen molar-refractivity contribution >= 4 is 6.92 Å². The second-order valence-electron chi connectivity index (χ2n) is 3.20. The largest absolute Gasteiger partial charge is 0.435 e. The molecule has 58 valence electrons. The topological polar surface area (TPSA) is 35.2 Å². The average Bonchev–Trinajstić information content (AvgIpc) is 2.31. The van der Waals surface area contributed by atoms with Gasteiger partial charge in [-0.2, -0.15) is 0 Å². The van der Waals surface area contributed by atoms with Gasteiger partial charge in [-0.15, -0.1) is 0 Å². The number of nitrogens with two attached hydrogens (primary N) is 1. The lowest BCUT2D eigenvalue weighted by molar-refractivity contribution is 0.332. The molecule has 1 aliphatic heterocycles. The Labute approximate surface area is 63.2 Å². The van der Waals surface area contributed by atoms with Gasteiger partial charge in [0, 0.05) is 13.2 Å². The van der Waals surface area contributed by atoms with Gasteiger partial charge >= 0.3 is 0 Å². The first-order chi connectivity index (χ1) is 4.83. The highest BCUT2D eigenvalue weighted by atomic mass is 16.4. The van der Waals surface area contributed by atoms with Gasteiger partial charge in [-0.1, -0.05) is 13.3 Å². The second-order valence-corrected chi connectivity index (χ2v) is 3.20. The lowest BCUT2D eigenvalue weighted by Crippen LogP contribution is -2.18. The first-order valence-electron chi connectivity index (χ1n) is 4.14. The number of hydrogen-bond donors (Lipinski definition) is 1. The molecule has 0 spiro atoms. The smallest absolute Gasteiger partial charge is 0.293 e. The Bertz CT molecular complexity index is 99.6. The van der Waals surface area contributed by atoms with Crippen molar-refractivity contribution in [3.63, 3.8) is 0 Å². The summed E-state index contributed by atoms with van der Waals surface area (Å²) >= 11 is 0. The van der Waals surface area contributed by atoms with E-state index in [0.717, 1.165) is 12.5 Å². The van der Waals surface area contributed by atoms with Crippen LogP contribution in [0.5, 0.6) is 0 Å². The van der Waals surface area contributed by atoms with Crippen molar-refractivity contribution in [1.29, 1.82) is 0 Å². The third-order valence-corrected chi connectivity index (χ3v) is 2.12. The van der Waals surface area contributed by atoms with Crippen molar-refractivity contribution in [3.05, 3.63) is 0 Å². The molecular formula is C7H16BNO. The first kappa shape index (κ1) is 8.09. The van der Waals surface area contributed by atoms with Crippen molar-refractivity contribution in [3.8, 4) is 0 Å². The van der Waals surface area contributed by atoms with Crippen molar-refractivity contribution in [1.82, 2.24) is 0 Å². The Balaban J connectivity index is 2.06. The third-order valence-electron chi connectivity index (χ3n) is 2.12. The summed E-state index contributed by atoms with van der Waals surface area (Å²) in [6.07, 6.45) is 3.80. The van der Waals surface area contributed by atoms with Crippen LogP contribution < -0.4 is 5.73 Å².